The number of benzene rings is 1. The fourth-order valence-corrected chi connectivity index (χ4v) is 0.955. The van der Waals surface area contributed by atoms with E-state index in [2.05, 4.69) is 0 Å². The molecule has 1 rings (SSSR count). The number of nitrogens with two attached hydrogens (primary N) is 1. The second-order valence-electron chi connectivity index (χ2n) is 4.74. The zero-order chi connectivity index (χ0) is 11.7. The van der Waals surface area contributed by atoms with Gasteiger partial charge in [0.25, 0.3) is 0 Å². The van der Waals surface area contributed by atoms with Crippen LogP contribution < -0.4 is 10.5 Å². The lowest BCUT2D eigenvalue weighted by molar-refractivity contribution is -0.0906. The molecule has 0 unspecified atom stereocenters. The van der Waals surface area contributed by atoms with Crippen molar-refractivity contribution in [1.82, 2.24) is 0 Å². The van der Waals surface area contributed by atoms with Crippen LogP contribution in [0.2, 0.25) is 0 Å². The summed E-state index contributed by atoms with van der Waals surface area (Å²) >= 11 is 0. The Kier molecular flexibility index (Phi) is 2.95. The van der Waals surface area contributed by atoms with Gasteiger partial charge >= 0.3 is 0 Å². The van der Waals surface area contributed by atoms with E-state index in [4.69, 9.17) is 10.5 Å². The highest BCUT2D eigenvalue weighted by molar-refractivity contribution is 5.41. The number of hydrogen-bond acceptors (Lipinski definition) is 3. The summed E-state index contributed by atoms with van der Waals surface area (Å²) < 4.78 is 5.72. The minimum atomic E-state index is -0.908. The monoisotopic (exact) mass is 209 g/mol. The molecule has 1 aromatic carbocycles. The molecule has 0 atom stereocenters. The van der Waals surface area contributed by atoms with Crippen LogP contribution >= 0.6 is 0 Å². The van der Waals surface area contributed by atoms with Crippen LogP contribution in [0.3, 0.4) is 0 Å². The molecule has 0 aliphatic heterocycles. The summed E-state index contributed by atoms with van der Waals surface area (Å²) in [7, 11) is 0. The van der Waals surface area contributed by atoms with Gasteiger partial charge in [0.15, 0.2) is 0 Å². The first-order valence-corrected chi connectivity index (χ1v) is 4.99. The Hall–Kier alpha value is -1.22. The molecule has 0 radical (unpaired) electrons. The zero-order valence-electron chi connectivity index (χ0n) is 9.74. The third kappa shape index (κ3) is 2.86. The summed E-state index contributed by atoms with van der Waals surface area (Å²) in [6, 6.07) is 7.14. The second-order valence-corrected chi connectivity index (χ2v) is 4.74. The minimum absolute atomic E-state index is 0.650. The lowest BCUT2D eigenvalue weighted by Crippen LogP contribution is -2.49. The van der Waals surface area contributed by atoms with Crippen LogP contribution in [0.5, 0.6) is 5.75 Å². The van der Waals surface area contributed by atoms with Crippen molar-refractivity contribution in [3.63, 3.8) is 0 Å². The fourth-order valence-electron chi connectivity index (χ4n) is 0.955. The molecule has 3 heteroatoms. The van der Waals surface area contributed by atoms with E-state index in [1.165, 1.54) is 0 Å². The van der Waals surface area contributed by atoms with Crippen molar-refractivity contribution >= 4 is 5.69 Å². The summed E-state index contributed by atoms with van der Waals surface area (Å²) in [6.07, 6.45) is 0. The number of nitrogen functional groups attached to an aromatic ring is 1. The normalized spacial score (nSPS) is 12.6. The number of ether oxygens (including phenoxy) is 1. The summed E-state index contributed by atoms with van der Waals surface area (Å²) in [4.78, 5) is 0. The van der Waals surface area contributed by atoms with Crippen molar-refractivity contribution in [2.75, 3.05) is 5.73 Å². The van der Waals surface area contributed by atoms with Gasteiger partial charge in [-0.1, -0.05) is 0 Å². The lowest BCUT2D eigenvalue weighted by Gasteiger charge is -2.37. The fraction of sp³-hybridized carbons (Fsp3) is 0.500. The molecule has 15 heavy (non-hydrogen) atoms. The molecule has 0 aromatic heterocycles. The highest BCUT2D eigenvalue weighted by Crippen LogP contribution is 2.28. The first-order valence-electron chi connectivity index (χ1n) is 4.99. The minimum Gasteiger partial charge on any atom is -0.485 e. The molecule has 84 valence electrons. The van der Waals surface area contributed by atoms with Gasteiger partial charge in [0.2, 0.25) is 0 Å². The van der Waals surface area contributed by atoms with E-state index < -0.39 is 11.2 Å². The molecule has 0 amide bonds. The molecule has 1 aromatic rings. The number of rotatable bonds is 3. The maximum absolute atomic E-state index is 9.91. The smallest absolute Gasteiger partial charge is 0.131 e. The van der Waals surface area contributed by atoms with Crippen LogP contribution in [0.15, 0.2) is 24.3 Å². The van der Waals surface area contributed by atoms with Crippen molar-refractivity contribution < 1.29 is 9.84 Å². The lowest BCUT2D eigenvalue weighted by atomic mass is 9.89. The number of hydrogen-bond donors (Lipinski definition) is 2. The van der Waals surface area contributed by atoms with Crippen LogP contribution in [-0.2, 0) is 0 Å². The van der Waals surface area contributed by atoms with Crippen molar-refractivity contribution in [3.8, 4) is 5.75 Å². The molecule has 0 saturated heterocycles. The third-order valence-electron chi connectivity index (χ3n) is 2.73. The van der Waals surface area contributed by atoms with E-state index in [9.17, 15) is 5.11 Å². The average molecular weight is 209 g/mol. The van der Waals surface area contributed by atoms with Crippen molar-refractivity contribution in [2.45, 2.75) is 38.9 Å². The van der Waals surface area contributed by atoms with Gasteiger partial charge in [-0.15, -0.1) is 0 Å². The Bertz CT molecular complexity index is 322. The maximum Gasteiger partial charge on any atom is 0.131 e. The zero-order valence-corrected chi connectivity index (χ0v) is 9.74. The van der Waals surface area contributed by atoms with E-state index in [-0.39, 0.29) is 0 Å². The maximum atomic E-state index is 9.91. The van der Waals surface area contributed by atoms with E-state index in [0.29, 0.717) is 11.4 Å². The first-order chi connectivity index (χ1) is 6.72. The van der Waals surface area contributed by atoms with Crippen LogP contribution in [0, 0.1) is 0 Å². The predicted molar refractivity (Wildman–Crippen MR) is 61.9 cm³/mol. The molecule has 3 nitrogen and oxygen atoms in total. The van der Waals surface area contributed by atoms with E-state index in [1.807, 2.05) is 13.8 Å². The molecular weight excluding hydrogens is 190 g/mol. The molecule has 0 heterocycles. The average Bonchev–Trinajstić information content (AvgIpc) is 2.06. The van der Waals surface area contributed by atoms with Gasteiger partial charge in [0.05, 0.1) is 5.60 Å². The highest BCUT2D eigenvalue weighted by atomic mass is 16.5. The molecule has 0 bridgehead atoms. The molecule has 0 aliphatic carbocycles. The Morgan fingerprint density at radius 2 is 1.53 bits per heavy atom. The van der Waals surface area contributed by atoms with Crippen LogP contribution in [0.1, 0.15) is 27.7 Å². The van der Waals surface area contributed by atoms with Gasteiger partial charge in [-0.05, 0) is 52.0 Å². The molecule has 0 fully saturated rings. The Morgan fingerprint density at radius 1 is 1.07 bits per heavy atom. The van der Waals surface area contributed by atoms with E-state index in [1.54, 1.807) is 38.1 Å². The van der Waals surface area contributed by atoms with E-state index in [0.717, 1.165) is 0 Å². The van der Waals surface area contributed by atoms with Crippen LogP contribution in [0.4, 0.5) is 5.69 Å². The molecule has 0 saturated carbocycles. The summed E-state index contributed by atoms with van der Waals surface area (Å²) in [6.45, 7) is 7.15. The third-order valence-corrected chi connectivity index (χ3v) is 2.73. The van der Waals surface area contributed by atoms with Crippen molar-refractivity contribution in [3.05, 3.63) is 24.3 Å². The predicted octanol–water partition coefficient (Wildman–Crippen LogP) is 2.20. The summed E-state index contributed by atoms with van der Waals surface area (Å²) in [5, 5.41) is 9.91. The number of anilines is 1. The first kappa shape index (κ1) is 11.9. The van der Waals surface area contributed by atoms with Gasteiger partial charge in [0.1, 0.15) is 11.4 Å². The molecule has 0 aliphatic rings. The van der Waals surface area contributed by atoms with E-state index >= 15 is 0 Å². The van der Waals surface area contributed by atoms with Gasteiger partial charge in [0, 0.05) is 5.69 Å². The van der Waals surface area contributed by atoms with Gasteiger partial charge in [-0.25, -0.2) is 0 Å². The van der Waals surface area contributed by atoms with Crippen LogP contribution in [0.25, 0.3) is 0 Å². The van der Waals surface area contributed by atoms with Crippen molar-refractivity contribution in [1.29, 1.82) is 0 Å². The summed E-state index contributed by atoms with van der Waals surface area (Å²) in [5.74, 6) is 0.705. The Morgan fingerprint density at radius 3 is 1.93 bits per heavy atom. The summed E-state index contributed by atoms with van der Waals surface area (Å²) in [5.41, 5.74) is 4.71. The van der Waals surface area contributed by atoms with Gasteiger partial charge in [-0.2, -0.15) is 0 Å². The topological polar surface area (TPSA) is 55.5 Å². The molecular formula is C12H19NO2. The van der Waals surface area contributed by atoms with Crippen molar-refractivity contribution in [2.24, 2.45) is 0 Å². The molecule has 3 N–H and O–H groups in total. The van der Waals surface area contributed by atoms with Gasteiger partial charge < -0.3 is 15.6 Å². The highest BCUT2D eigenvalue weighted by Gasteiger charge is 2.37. The second kappa shape index (κ2) is 3.74. The van der Waals surface area contributed by atoms with Crippen LogP contribution in [-0.4, -0.2) is 16.3 Å². The quantitative estimate of drug-likeness (QED) is 0.750. The standard InChI is InChI=1S/C12H19NO2/c1-11(2,14)12(3,4)15-10-7-5-9(13)6-8-10/h5-8,14H,13H2,1-4H3. The molecule has 0 spiro atoms. The number of aliphatic hydroxyl groups is 1. The van der Waals surface area contributed by atoms with Gasteiger partial charge in [-0.3, -0.25) is 0 Å². The largest absolute Gasteiger partial charge is 0.485 e. The Balaban J connectivity index is 2.82. The Labute approximate surface area is 90.9 Å². The SMILES string of the molecule is CC(C)(O)C(C)(C)Oc1ccc(N)cc1.